The summed E-state index contributed by atoms with van der Waals surface area (Å²) in [6, 6.07) is 10.8. The van der Waals surface area contributed by atoms with Crippen LogP contribution < -0.4 is 10.1 Å². The minimum Gasteiger partial charge on any atom is -0.496 e. The molecule has 118 valence electrons. The number of aromatic amines is 1. The number of fused-ring (bicyclic) bond motifs is 1. The molecule has 0 spiro atoms. The van der Waals surface area contributed by atoms with Crippen molar-refractivity contribution in [1.29, 1.82) is 0 Å². The average Bonchev–Trinajstić information content (AvgIpc) is 3.11. The van der Waals surface area contributed by atoms with E-state index in [0.29, 0.717) is 5.92 Å². The maximum absolute atomic E-state index is 5.71. The van der Waals surface area contributed by atoms with Crippen LogP contribution in [-0.2, 0) is 0 Å². The number of H-pyrrole nitrogens is 1. The van der Waals surface area contributed by atoms with Gasteiger partial charge in [0.25, 0.3) is 0 Å². The lowest BCUT2D eigenvalue weighted by Gasteiger charge is -2.24. The summed E-state index contributed by atoms with van der Waals surface area (Å²) in [6.45, 7) is 2.20. The topological polar surface area (TPSA) is 49.9 Å². The van der Waals surface area contributed by atoms with Crippen molar-refractivity contribution in [2.45, 2.75) is 18.8 Å². The molecular weight excluding hydrogens is 286 g/mol. The van der Waals surface area contributed by atoms with Crippen molar-refractivity contribution in [2.75, 3.05) is 20.2 Å². The second kappa shape index (κ2) is 6.05. The number of hydrogen-bond donors (Lipinski definition) is 2. The third-order valence-electron chi connectivity index (χ3n) is 4.79. The highest BCUT2D eigenvalue weighted by atomic mass is 16.5. The molecule has 0 saturated carbocycles. The first-order chi connectivity index (χ1) is 11.4. The summed E-state index contributed by atoms with van der Waals surface area (Å²) in [4.78, 5) is 7.54. The van der Waals surface area contributed by atoms with Crippen molar-refractivity contribution >= 4 is 11.0 Å². The minimum atomic E-state index is 0.629. The molecule has 1 fully saturated rings. The van der Waals surface area contributed by atoms with Crippen LogP contribution in [0.3, 0.4) is 0 Å². The molecule has 1 saturated heterocycles. The molecule has 2 N–H and O–H groups in total. The van der Waals surface area contributed by atoms with Crippen LogP contribution in [0.15, 0.2) is 42.7 Å². The molecule has 3 heterocycles. The summed E-state index contributed by atoms with van der Waals surface area (Å²) in [5, 5.41) is 4.55. The van der Waals surface area contributed by atoms with Crippen LogP contribution in [0.2, 0.25) is 0 Å². The van der Waals surface area contributed by atoms with Crippen LogP contribution in [0.5, 0.6) is 5.75 Å². The van der Waals surface area contributed by atoms with E-state index in [1.807, 2.05) is 12.4 Å². The van der Waals surface area contributed by atoms with Crippen LogP contribution in [0.1, 0.15) is 24.3 Å². The number of aromatic nitrogens is 2. The summed E-state index contributed by atoms with van der Waals surface area (Å²) < 4.78 is 5.71. The zero-order valence-corrected chi connectivity index (χ0v) is 13.3. The summed E-state index contributed by atoms with van der Waals surface area (Å²) in [6.07, 6.45) is 6.16. The maximum Gasteiger partial charge on any atom is 0.137 e. The largest absolute Gasteiger partial charge is 0.496 e. The smallest absolute Gasteiger partial charge is 0.137 e. The van der Waals surface area contributed by atoms with Gasteiger partial charge in [-0.25, -0.2) is 4.98 Å². The molecule has 0 atom stereocenters. The fourth-order valence-corrected chi connectivity index (χ4v) is 3.54. The molecule has 4 nitrogen and oxygen atoms in total. The van der Waals surface area contributed by atoms with E-state index in [9.17, 15) is 0 Å². The van der Waals surface area contributed by atoms with Gasteiger partial charge in [-0.3, -0.25) is 0 Å². The molecular formula is C19H21N3O. The Morgan fingerprint density at radius 3 is 2.78 bits per heavy atom. The second-order valence-electron chi connectivity index (χ2n) is 6.08. The zero-order chi connectivity index (χ0) is 15.6. The average molecular weight is 307 g/mol. The standard InChI is InChI=1S/C19H21N3O/c1-23-18-12-14(13-4-8-20-9-5-13)2-3-16(18)15-6-10-21-19-17(15)7-11-22-19/h2-3,6-7,10-13,20H,4-5,8-9H2,1H3,(H,21,22). The number of ether oxygens (including phenoxy) is 1. The van der Waals surface area contributed by atoms with Crippen LogP contribution in [-0.4, -0.2) is 30.2 Å². The van der Waals surface area contributed by atoms with Gasteiger partial charge in [0, 0.05) is 23.3 Å². The molecule has 0 amide bonds. The lowest BCUT2D eigenvalue weighted by atomic mass is 9.88. The summed E-state index contributed by atoms with van der Waals surface area (Å²) in [5.74, 6) is 1.57. The number of methoxy groups -OCH3 is 1. The quantitative estimate of drug-likeness (QED) is 0.775. The molecule has 0 aliphatic carbocycles. The third-order valence-corrected chi connectivity index (χ3v) is 4.79. The van der Waals surface area contributed by atoms with Crippen LogP contribution in [0.4, 0.5) is 0 Å². The van der Waals surface area contributed by atoms with E-state index in [-0.39, 0.29) is 0 Å². The van der Waals surface area contributed by atoms with Crippen LogP contribution in [0.25, 0.3) is 22.2 Å². The first-order valence-electron chi connectivity index (χ1n) is 8.18. The molecule has 1 aliphatic rings. The highest BCUT2D eigenvalue weighted by Crippen LogP contribution is 2.37. The van der Waals surface area contributed by atoms with Gasteiger partial charge in [-0.05, 0) is 61.2 Å². The van der Waals surface area contributed by atoms with Gasteiger partial charge in [-0.15, -0.1) is 0 Å². The fraction of sp³-hybridized carbons (Fsp3) is 0.316. The lowest BCUT2D eigenvalue weighted by molar-refractivity contribution is 0.413. The SMILES string of the molecule is COc1cc(C2CCNCC2)ccc1-c1ccnc2[nH]ccc12. The van der Waals surface area contributed by atoms with Gasteiger partial charge in [-0.1, -0.05) is 12.1 Å². The molecule has 0 radical (unpaired) electrons. The predicted octanol–water partition coefficient (Wildman–Crippen LogP) is 3.71. The number of pyridine rings is 1. The molecule has 1 aliphatic heterocycles. The van der Waals surface area contributed by atoms with E-state index < -0.39 is 0 Å². The van der Waals surface area contributed by atoms with Gasteiger partial charge >= 0.3 is 0 Å². The molecule has 2 aromatic heterocycles. The van der Waals surface area contributed by atoms with E-state index >= 15 is 0 Å². The normalized spacial score (nSPS) is 15.9. The first kappa shape index (κ1) is 14.3. The van der Waals surface area contributed by atoms with Gasteiger partial charge in [0.1, 0.15) is 11.4 Å². The molecule has 4 heteroatoms. The molecule has 1 aromatic carbocycles. The zero-order valence-electron chi connectivity index (χ0n) is 13.3. The number of rotatable bonds is 3. The number of nitrogens with zero attached hydrogens (tertiary/aromatic N) is 1. The highest BCUT2D eigenvalue weighted by molar-refractivity contribution is 5.94. The highest BCUT2D eigenvalue weighted by Gasteiger charge is 2.18. The Balaban J connectivity index is 1.78. The van der Waals surface area contributed by atoms with Crippen molar-refractivity contribution in [1.82, 2.24) is 15.3 Å². The summed E-state index contributed by atoms with van der Waals surface area (Å²) in [5.41, 5.74) is 4.57. The Bertz CT molecular complexity index is 818. The van der Waals surface area contributed by atoms with E-state index in [0.717, 1.165) is 41.0 Å². The minimum absolute atomic E-state index is 0.629. The Morgan fingerprint density at radius 1 is 1.09 bits per heavy atom. The van der Waals surface area contributed by atoms with E-state index in [1.165, 1.54) is 18.4 Å². The summed E-state index contributed by atoms with van der Waals surface area (Å²) >= 11 is 0. The monoisotopic (exact) mass is 307 g/mol. The van der Waals surface area contributed by atoms with Crippen LogP contribution >= 0.6 is 0 Å². The Labute approximate surface area is 135 Å². The number of hydrogen-bond acceptors (Lipinski definition) is 3. The Morgan fingerprint density at radius 2 is 1.96 bits per heavy atom. The first-order valence-corrected chi connectivity index (χ1v) is 8.18. The third kappa shape index (κ3) is 2.59. The molecule has 4 rings (SSSR count). The van der Waals surface area contributed by atoms with Gasteiger partial charge in [0.15, 0.2) is 0 Å². The Kier molecular flexibility index (Phi) is 3.75. The van der Waals surface area contributed by atoms with Crippen molar-refractivity contribution in [3.05, 3.63) is 48.3 Å². The second-order valence-corrected chi connectivity index (χ2v) is 6.08. The fourth-order valence-electron chi connectivity index (χ4n) is 3.54. The van der Waals surface area contributed by atoms with Crippen molar-refractivity contribution in [3.63, 3.8) is 0 Å². The lowest BCUT2D eigenvalue weighted by Crippen LogP contribution is -2.26. The van der Waals surface area contributed by atoms with Gasteiger partial charge in [0.05, 0.1) is 7.11 Å². The number of benzene rings is 1. The number of nitrogens with one attached hydrogen (secondary N) is 2. The molecule has 3 aromatic rings. The molecule has 0 bridgehead atoms. The van der Waals surface area contributed by atoms with Crippen molar-refractivity contribution in [2.24, 2.45) is 0 Å². The van der Waals surface area contributed by atoms with E-state index in [4.69, 9.17) is 4.74 Å². The van der Waals surface area contributed by atoms with Gasteiger partial charge in [-0.2, -0.15) is 0 Å². The van der Waals surface area contributed by atoms with Gasteiger partial charge < -0.3 is 15.0 Å². The summed E-state index contributed by atoms with van der Waals surface area (Å²) in [7, 11) is 1.75. The molecule has 0 unspecified atom stereocenters. The molecule has 23 heavy (non-hydrogen) atoms. The maximum atomic E-state index is 5.71. The van der Waals surface area contributed by atoms with Crippen molar-refractivity contribution in [3.8, 4) is 16.9 Å². The van der Waals surface area contributed by atoms with E-state index in [2.05, 4.69) is 45.6 Å². The number of piperidine rings is 1. The van der Waals surface area contributed by atoms with Crippen molar-refractivity contribution < 1.29 is 4.74 Å². The van der Waals surface area contributed by atoms with Gasteiger partial charge in [0.2, 0.25) is 0 Å². The Hall–Kier alpha value is -2.33. The predicted molar refractivity (Wildman–Crippen MR) is 92.9 cm³/mol. The van der Waals surface area contributed by atoms with Crippen LogP contribution in [0, 0.1) is 0 Å². The van der Waals surface area contributed by atoms with E-state index in [1.54, 1.807) is 7.11 Å².